The molecule has 1 nitrogen and oxygen atoms in total. The second-order valence-corrected chi connectivity index (χ2v) is 5.84. The third kappa shape index (κ3) is 1.08. The standard InChI is InChI=1S/C7H4NS.In/c1-2-4-7-6(3-1)8-5-9-7;/h1-4H;. The molecule has 0 N–H and O–H groups in total. The Kier molecular flexibility index (Phi) is 1.70. The van der Waals surface area contributed by atoms with Crippen molar-refractivity contribution in [2.24, 2.45) is 0 Å². The molecule has 0 bridgehead atoms. The Balaban J connectivity index is 2.88. The number of nitrogens with zero attached hydrogens (tertiary/aromatic N) is 1. The molecule has 1 aromatic heterocycles. The molecule has 2 aromatic rings. The number of para-hydroxylation sites is 1. The van der Waals surface area contributed by atoms with Crippen LogP contribution in [0.3, 0.4) is 0 Å². The van der Waals surface area contributed by atoms with Crippen LogP contribution in [0.15, 0.2) is 24.3 Å². The number of rotatable bonds is 0. The quantitative estimate of drug-likeness (QED) is 0.681. The van der Waals surface area contributed by atoms with Crippen molar-refractivity contribution >= 4 is 48.7 Å². The fraction of sp³-hybridized carbons (Fsp3) is 0. The van der Waals surface area contributed by atoms with Crippen LogP contribution in [-0.4, -0.2) is 29.4 Å². The van der Waals surface area contributed by atoms with E-state index in [0.29, 0.717) is 0 Å². The van der Waals surface area contributed by atoms with E-state index in [-0.39, 0.29) is 0 Å². The summed E-state index contributed by atoms with van der Waals surface area (Å²) < 4.78 is 2.58. The number of benzene rings is 1. The molecule has 0 fully saturated rings. The normalized spacial score (nSPS) is 10.4. The van der Waals surface area contributed by atoms with E-state index in [1.165, 1.54) is 7.46 Å². The summed E-state index contributed by atoms with van der Waals surface area (Å²) in [6, 6.07) is 8.27. The van der Waals surface area contributed by atoms with Gasteiger partial charge in [-0.2, -0.15) is 0 Å². The van der Waals surface area contributed by atoms with Crippen LogP contribution in [0.5, 0.6) is 0 Å². The number of aromatic nitrogens is 1. The van der Waals surface area contributed by atoms with Crippen LogP contribution in [-0.2, 0) is 0 Å². The first-order valence-corrected chi connectivity index (χ1v) is 5.44. The summed E-state index contributed by atoms with van der Waals surface area (Å²) >= 11 is 2.93. The van der Waals surface area contributed by atoms with Crippen molar-refractivity contribution in [2.45, 2.75) is 0 Å². The van der Waals surface area contributed by atoms with Gasteiger partial charge in [0, 0.05) is 0 Å². The summed E-state index contributed by atoms with van der Waals surface area (Å²) in [5, 5.41) is 0. The van der Waals surface area contributed by atoms with E-state index in [1.54, 1.807) is 11.3 Å². The van der Waals surface area contributed by atoms with Crippen molar-refractivity contribution in [1.29, 1.82) is 0 Å². The van der Waals surface area contributed by atoms with Gasteiger partial charge in [0.15, 0.2) is 0 Å². The molecule has 2 rings (SSSR count). The Hall–Kier alpha value is -0.0199. The molecule has 0 aliphatic heterocycles. The molecule has 1 aromatic carbocycles. The molecule has 1 heterocycles. The minimum absolute atomic E-state index is 1.13. The van der Waals surface area contributed by atoms with Crippen molar-refractivity contribution < 1.29 is 0 Å². The van der Waals surface area contributed by atoms with E-state index < -0.39 is 0 Å². The molecule has 46 valence electrons. The van der Waals surface area contributed by atoms with Crippen LogP contribution in [0.2, 0.25) is 0 Å². The number of hydrogen-bond acceptors (Lipinski definition) is 2. The van der Waals surface area contributed by atoms with Crippen LogP contribution >= 0.6 is 11.3 Å². The zero-order valence-corrected chi connectivity index (χ0v) is 9.35. The van der Waals surface area contributed by atoms with Gasteiger partial charge in [-0.1, -0.05) is 0 Å². The first-order valence-electron chi connectivity index (χ1n) is 2.97. The summed E-state index contributed by atoms with van der Waals surface area (Å²) in [7, 11) is 0. The molecule has 0 saturated carbocycles. The Morgan fingerprint density at radius 3 is 2.90 bits per heavy atom. The maximum atomic E-state index is 4.39. The molecule has 10 heavy (non-hydrogen) atoms. The van der Waals surface area contributed by atoms with E-state index in [9.17, 15) is 0 Å². The van der Waals surface area contributed by atoms with Gasteiger partial charge in [0.1, 0.15) is 0 Å². The van der Waals surface area contributed by atoms with Gasteiger partial charge in [-0.05, 0) is 0 Å². The Morgan fingerprint density at radius 2 is 2.10 bits per heavy atom. The van der Waals surface area contributed by atoms with Crippen LogP contribution in [0.4, 0.5) is 0 Å². The van der Waals surface area contributed by atoms with Crippen molar-refractivity contribution in [1.82, 2.24) is 4.98 Å². The van der Waals surface area contributed by atoms with Gasteiger partial charge < -0.3 is 0 Å². The average molecular weight is 249 g/mol. The minimum atomic E-state index is 1.13. The number of hydrogen-bond donors (Lipinski definition) is 0. The van der Waals surface area contributed by atoms with Gasteiger partial charge in [-0.25, -0.2) is 0 Å². The van der Waals surface area contributed by atoms with Gasteiger partial charge in [-0.3, -0.25) is 0 Å². The summed E-state index contributed by atoms with van der Waals surface area (Å²) in [6.07, 6.45) is 0. The Bertz CT molecular complexity index is 322. The van der Waals surface area contributed by atoms with Crippen molar-refractivity contribution in [2.75, 3.05) is 0 Å². The molecule has 0 saturated heterocycles. The van der Waals surface area contributed by atoms with E-state index in [0.717, 1.165) is 29.9 Å². The molecule has 0 unspecified atom stereocenters. The second-order valence-electron chi connectivity index (χ2n) is 2.02. The molecule has 0 aliphatic rings. The van der Waals surface area contributed by atoms with Gasteiger partial charge in [-0.15, -0.1) is 0 Å². The van der Waals surface area contributed by atoms with Crippen molar-refractivity contribution in [3.05, 3.63) is 24.3 Å². The SMILES string of the molecule is [In][c]1nc2ccccc2s1. The topological polar surface area (TPSA) is 12.9 Å². The van der Waals surface area contributed by atoms with Crippen molar-refractivity contribution in [3.63, 3.8) is 0 Å². The van der Waals surface area contributed by atoms with Crippen LogP contribution < -0.4 is 2.76 Å². The molecule has 0 aliphatic carbocycles. The Morgan fingerprint density at radius 1 is 1.30 bits per heavy atom. The maximum absolute atomic E-state index is 4.39. The average Bonchev–Trinajstić information content (AvgIpc) is 2.27. The molecule has 0 spiro atoms. The van der Waals surface area contributed by atoms with E-state index in [2.05, 4.69) is 23.2 Å². The predicted molar refractivity (Wildman–Crippen MR) is 45.0 cm³/mol. The molecule has 0 atom stereocenters. The summed E-state index contributed by atoms with van der Waals surface area (Å²) in [4.78, 5) is 4.39. The molecule has 0 amide bonds. The molecule has 3 heteroatoms. The fourth-order valence-electron chi connectivity index (χ4n) is 0.890. The molecular weight excluding hydrogens is 245 g/mol. The van der Waals surface area contributed by atoms with Gasteiger partial charge in [0.2, 0.25) is 0 Å². The first-order chi connectivity index (χ1) is 4.86. The van der Waals surface area contributed by atoms with E-state index >= 15 is 0 Å². The van der Waals surface area contributed by atoms with Crippen LogP contribution in [0.25, 0.3) is 10.2 Å². The summed E-state index contributed by atoms with van der Waals surface area (Å²) in [6.45, 7) is 0. The van der Waals surface area contributed by atoms with E-state index in [4.69, 9.17) is 0 Å². The molecule has 2 radical (unpaired) electrons. The number of thiazole rings is 1. The zero-order chi connectivity index (χ0) is 6.97. The third-order valence-electron chi connectivity index (χ3n) is 1.31. The summed E-state index contributed by atoms with van der Waals surface area (Å²) in [5.41, 5.74) is 1.15. The summed E-state index contributed by atoms with van der Waals surface area (Å²) in [5.74, 6) is 0. The number of fused-ring (bicyclic) bond motifs is 1. The molecular formula is C7H4InNS. The monoisotopic (exact) mass is 249 g/mol. The van der Waals surface area contributed by atoms with Gasteiger partial charge in [0.05, 0.1) is 0 Å². The van der Waals surface area contributed by atoms with Crippen LogP contribution in [0, 0.1) is 0 Å². The first kappa shape index (κ1) is 6.68. The predicted octanol–water partition coefficient (Wildman–Crippen LogP) is 1.09. The van der Waals surface area contributed by atoms with Gasteiger partial charge in [0.25, 0.3) is 0 Å². The Labute approximate surface area is 77.7 Å². The second kappa shape index (κ2) is 2.55. The fourth-order valence-corrected chi connectivity index (χ4v) is 3.11. The van der Waals surface area contributed by atoms with Crippen LogP contribution in [0.1, 0.15) is 0 Å². The zero-order valence-electron chi connectivity index (χ0n) is 5.24. The third-order valence-corrected chi connectivity index (χ3v) is 3.55. The van der Waals surface area contributed by atoms with E-state index in [1.807, 2.05) is 6.07 Å². The van der Waals surface area contributed by atoms with Gasteiger partial charge >= 0.3 is 77.9 Å². The van der Waals surface area contributed by atoms with Crippen molar-refractivity contribution in [3.8, 4) is 0 Å².